The lowest BCUT2D eigenvalue weighted by molar-refractivity contribution is 0.385. The van der Waals surface area contributed by atoms with Crippen molar-refractivity contribution in [3.05, 3.63) is 35.6 Å². The molecule has 2 rings (SSSR count). The summed E-state index contributed by atoms with van der Waals surface area (Å²) in [5.41, 5.74) is 1.19. The van der Waals surface area contributed by atoms with Crippen molar-refractivity contribution in [1.29, 1.82) is 0 Å². The summed E-state index contributed by atoms with van der Waals surface area (Å²) in [6.07, 6.45) is 6.39. The topological polar surface area (TPSA) is 12.0 Å². The number of benzene rings is 1. The molecule has 0 saturated heterocycles. The van der Waals surface area contributed by atoms with E-state index in [2.05, 4.69) is 11.4 Å². The molecule has 0 spiro atoms. The maximum absolute atomic E-state index is 13.3. The van der Waals surface area contributed by atoms with Crippen molar-refractivity contribution in [2.24, 2.45) is 5.92 Å². The highest BCUT2D eigenvalue weighted by Gasteiger charge is 2.24. The molecule has 0 amide bonds. The predicted molar refractivity (Wildman–Crippen MR) is 69.6 cm³/mol. The van der Waals surface area contributed by atoms with Crippen molar-refractivity contribution in [3.8, 4) is 0 Å². The third kappa shape index (κ3) is 3.29. The van der Waals surface area contributed by atoms with Crippen LogP contribution < -0.4 is 5.32 Å². The van der Waals surface area contributed by atoms with Crippen LogP contribution in [0.1, 0.15) is 43.6 Å². The van der Waals surface area contributed by atoms with Gasteiger partial charge in [0.2, 0.25) is 0 Å². The van der Waals surface area contributed by atoms with E-state index in [4.69, 9.17) is 0 Å². The number of nitrogens with one attached hydrogen (secondary N) is 1. The van der Waals surface area contributed by atoms with Gasteiger partial charge in [-0.15, -0.1) is 0 Å². The van der Waals surface area contributed by atoms with Gasteiger partial charge in [-0.3, -0.25) is 0 Å². The van der Waals surface area contributed by atoms with Crippen LogP contribution in [0.4, 0.5) is 4.39 Å². The Bertz CT molecular complexity index is 351. The van der Waals surface area contributed by atoms with Crippen molar-refractivity contribution < 1.29 is 4.39 Å². The molecule has 94 valence electrons. The first kappa shape index (κ1) is 12.6. The van der Waals surface area contributed by atoms with Gasteiger partial charge in [0.1, 0.15) is 5.82 Å². The minimum absolute atomic E-state index is 0.102. The summed E-state index contributed by atoms with van der Waals surface area (Å²) >= 11 is 0. The van der Waals surface area contributed by atoms with E-state index >= 15 is 0 Å². The molecule has 0 bridgehead atoms. The van der Waals surface area contributed by atoms with Crippen LogP contribution >= 0.6 is 0 Å². The Morgan fingerprint density at radius 3 is 2.82 bits per heavy atom. The molecule has 1 aliphatic carbocycles. The molecule has 0 radical (unpaired) electrons. The normalized spacial score (nSPS) is 25.5. The zero-order valence-corrected chi connectivity index (χ0v) is 10.6. The van der Waals surface area contributed by atoms with Gasteiger partial charge in [0, 0.05) is 0 Å². The van der Waals surface area contributed by atoms with Gasteiger partial charge in [0.15, 0.2) is 0 Å². The molecule has 0 heterocycles. The number of halogens is 1. The number of rotatable bonds is 3. The van der Waals surface area contributed by atoms with Gasteiger partial charge in [-0.1, -0.05) is 31.4 Å². The Morgan fingerprint density at radius 2 is 2.06 bits per heavy atom. The number of hydrogen-bond donors (Lipinski definition) is 1. The minimum Gasteiger partial charge on any atom is -0.319 e. The first-order chi connectivity index (χ1) is 8.31. The monoisotopic (exact) mass is 235 g/mol. The summed E-state index contributed by atoms with van der Waals surface area (Å²) in [5, 5.41) is 3.29. The van der Waals surface area contributed by atoms with E-state index < -0.39 is 0 Å². The van der Waals surface area contributed by atoms with Crippen molar-refractivity contribution in [2.45, 2.75) is 38.0 Å². The van der Waals surface area contributed by atoms with Gasteiger partial charge >= 0.3 is 0 Å². The largest absolute Gasteiger partial charge is 0.319 e. The first-order valence-corrected chi connectivity index (χ1v) is 6.71. The lowest BCUT2D eigenvalue weighted by atomic mass is 9.82. The van der Waals surface area contributed by atoms with Gasteiger partial charge in [-0.05, 0) is 56.0 Å². The highest BCUT2D eigenvalue weighted by atomic mass is 19.1. The van der Waals surface area contributed by atoms with Gasteiger partial charge in [0.25, 0.3) is 0 Å². The fourth-order valence-electron chi connectivity index (χ4n) is 3.07. The van der Waals surface area contributed by atoms with E-state index in [0.717, 1.165) is 6.54 Å². The maximum atomic E-state index is 13.3. The second kappa shape index (κ2) is 6.15. The maximum Gasteiger partial charge on any atom is 0.123 e. The second-order valence-corrected chi connectivity index (χ2v) is 5.12. The molecule has 1 N–H and O–H groups in total. The van der Waals surface area contributed by atoms with E-state index in [9.17, 15) is 4.39 Å². The highest BCUT2D eigenvalue weighted by Crippen LogP contribution is 2.36. The molecule has 1 aliphatic rings. The third-order valence-electron chi connectivity index (χ3n) is 3.90. The fourth-order valence-corrected chi connectivity index (χ4v) is 3.07. The lowest BCUT2D eigenvalue weighted by Gasteiger charge is -2.25. The van der Waals surface area contributed by atoms with Crippen LogP contribution in [-0.4, -0.2) is 13.6 Å². The molecule has 0 aromatic heterocycles. The van der Waals surface area contributed by atoms with Crippen LogP contribution in [0.15, 0.2) is 24.3 Å². The highest BCUT2D eigenvalue weighted by molar-refractivity contribution is 5.22. The first-order valence-electron chi connectivity index (χ1n) is 6.71. The minimum atomic E-state index is -0.102. The van der Waals surface area contributed by atoms with E-state index in [1.165, 1.54) is 43.7 Å². The summed E-state index contributed by atoms with van der Waals surface area (Å²) in [6.45, 7) is 1.04. The molecule has 1 aromatic rings. The lowest BCUT2D eigenvalue weighted by Crippen LogP contribution is -2.24. The van der Waals surface area contributed by atoms with Crippen LogP contribution in [0.3, 0.4) is 0 Å². The molecule has 1 nitrogen and oxygen atoms in total. The van der Waals surface area contributed by atoms with Crippen molar-refractivity contribution in [3.63, 3.8) is 0 Å². The van der Waals surface area contributed by atoms with E-state index in [-0.39, 0.29) is 5.82 Å². The Kier molecular flexibility index (Phi) is 4.55. The summed E-state index contributed by atoms with van der Waals surface area (Å²) in [4.78, 5) is 0. The van der Waals surface area contributed by atoms with Gasteiger partial charge < -0.3 is 5.32 Å². The third-order valence-corrected chi connectivity index (χ3v) is 3.90. The zero-order chi connectivity index (χ0) is 12.1. The van der Waals surface area contributed by atoms with Crippen molar-refractivity contribution >= 4 is 0 Å². The summed E-state index contributed by atoms with van der Waals surface area (Å²) in [7, 11) is 2.01. The summed E-state index contributed by atoms with van der Waals surface area (Å²) in [5.74, 6) is 1.08. The van der Waals surface area contributed by atoms with Crippen molar-refractivity contribution in [2.75, 3.05) is 13.6 Å². The van der Waals surface area contributed by atoms with E-state index in [1.54, 1.807) is 6.07 Å². The van der Waals surface area contributed by atoms with Crippen LogP contribution in [0, 0.1) is 11.7 Å². The SMILES string of the molecule is CNCC1CCCCCC1c1cccc(F)c1. The van der Waals surface area contributed by atoms with E-state index in [1.807, 2.05) is 13.1 Å². The molecular weight excluding hydrogens is 213 g/mol. The quantitative estimate of drug-likeness (QED) is 0.788. The average Bonchev–Trinajstić information content (AvgIpc) is 2.55. The summed E-state index contributed by atoms with van der Waals surface area (Å²) in [6, 6.07) is 7.18. The molecule has 1 aromatic carbocycles. The number of hydrogen-bond acceptors (Lipinski definition) is 1. The van der Waals surface area contributed by atoms with Crippen molar-refractivity contribution in [1.82, 2.24) is 5.32 Å². The fraction of sp³-hybridized carbons (Fsp3) is 0.600. The van der Waals surface area contributed by atoms with Crippen LogP contribution in [0.25, 0.3) is 0 Å². The Hall–Kier alpha value is -0.890. The van der Waals surface area contributed by atoms with Crippen LogP contribution in [0.2, 0.25) is 0 Å². The standard InChI is InChI=1S/C15H22FN/c1-17-11-13-6-3-2-4-9-15(13)12-7-5-8-14(16)10-12/h5,7-8,10,13,15,17H,2-4,6,9,11H2,1H3. The molecule has 0 aliphatic heterocycles. The van der Waals surface area contributed by atoms with Crippen LogP contribution in [-0.2, 0) is 0 Å². The molecule has 2 heteroatoms. The zero-order valence-electron chi connectivity index (χ0n) is 10.6. The molecule has 1 saturated carbocycles. The average molecular weight is 235 g/mol. The van der Waals surface area contributed by atoms with Gasteiger partial charge in [-0.2, -0.15) is 0 Å². The molecule has 2 atom stereocenters. The molecule has 1 fully saturated rings. The van der Waals surface area contributed by atoms with Crippen LogP contribution in [0.5, 0.6) is 0 Å². The van der Waals surface area contributed by atoms with Gasteiger partial charge in [-0.25, -0.2) is 4.39 Å². The molecular formula is C15H22FN. The molecule has 2 unspecified atom stereocenters. The van der Waals surface area contributed by atoms with Gasteiger partial charge in [0.05, 0.1) is 0 Å². The Morgan fingerprint density at radius 1 is 1.24 bits per heavy atom. The smallest absolute Gasteiger partial charge is 0.123 e. The molecule has 17 heavy (non-hydrogen) atoms. The Balaban J connectivity index is 2.19. The second-order valence-electron chi connectivity index (χ2n) is 5.12. The predicted octanol–water partition coefficient (Wildman–Crippen LogP) is 3.71. The van der Waals surface area contributed by atoms with E-state index in [0.29, 0.717) is 11.8 Å². The summed E-state index contributed by atoms with van der Waals surface area (Å²) < 4.78 is 13.3. The Labute approximate surface area is 103 Å².